The number of nitrogens with zero attached hydrogens (tertiary/aromatic N) is 2. The number of rotatable bonds is 4. The van der Waals surface area contributed by atoms with Gasteiger partial charge in [0.15, 0.2) is 11.5 Å². The van der Waals surface area contributed by atoms with Gasteiger partial charge in [-0.25, -0.2) is 0 Å². The maximum atomic E-state index is 10.5. The molecule has 5 heteroatoms. The van der Waals surface area contributed by atoms with Gasteiger partial charge in [-0.1, -0.05) is 23.7 Å². The number of aromatic nitrogens is 1. The van der Waals surface area contributed by atoms with Crippen molar-refractivity contribution < 1.29 is 9.84 Å². The van der Waals surface area contributed by atoms with Crippen molar-refractivity contribution in [3.8, 4) is 22.6 Å². The highest BCUT2D eigenvalue weighted by Gasteiger charge is 2.19. The molecule has 134 valence electrons. The van der Waals surface area contributed by atoms with E-state index in [1.807, 2.05) is 36.4 Å². The number of hydrogen-bond acceptors (Lipinski definition) is 3. The highest BCUT2D eigenvalue weighted by molar-refractivity contribution is 6.30. The minimum atomic E-state index is 0.185. The predicted octanol–water partition coefficient (Wildman–Crippen LogP) is 4.41. The van der Waals surface area contributed by atoms with Crippen molar-refractivity contribution in [1.29, 1.82) is 0 Å². The third kappa shape index (κ3) is 3.71. The van der Waals surface area contributed by atoms with E-state index in [9.17, 15) is 5.11 Å². The summed E-state index contributed by atoms with van der Waals surface area (Å²) in [4.78, 5) is 2.35. The molecule has 26 heavy (non-hydrogen) atoms. The van der Waals surface area contributed by atoms with E-state index in [0.717, 1.165) is 42.9 Å². The predicted molar refractivity (Wildman–Crippen MR) is 104 cm³/mol. The van der Waals surface area contributed by atoms with Crippen molar-refractivity contribution in [3.05, 3.63) is 71.5 Å². The molecule has 4 rings (SSSR count). The van der Waals surface area contributed by atoms with Gasteiger partial charge in [0.1, 0.15) is 6.61 Å². The van der Waals surface area contributed by atoms with Gasteiger partial charge < -0.3 is 14.4 Å². The van der Waals surface area contributed by atoms with Crippen LogP contribution >= 0.6 is 11.6 Å². The van der Waals surface area contributed by atoms with Crippen molar-refractivity contribution in [3.63, 3.8) is 0 Å². The second kappa shape index (κ2) is 7.44. The maximum absolute atomic E-state index is 10.5. The molecule has 2 heterocycles. The van der Waals surface area contributed by atoms with Crippen molar-refractivity contribution in [1.82, 2.24) is 9.47 Å². The van der Waals surface area contributed by atoms with Gasteiger partial charge in [0, 0.05) is 49.2 Å². The first-order chi connectivity index (χ1) is 12.7. The Balaban J connectivity index is 1.59. The molecule has 0 fully saturated rings. The van der Waals surface area contributed by atoms with Crippen LogP contribution in [0.5, 0.6) is 11.5 Å². The lowest BCUT2D eigenvalue weighted by atomic mass is 10.0. The molecule has 1 aliphatic heterocycles. The van der Waals surface area contributed by atoms with Crippen LogP contribution in [0, 0.1) is 0 Å². The summed E-state index contributed by atoms with van der Waals surface area (Å²) >= 11 is 6.12. The van der Waals surface area contributed by atoms with E-state index < -0.39 is 0 Å². The van der Waals surface area contributed by atoms with Gasteiger partial charge in [-0.2, -0.15) is 0 Å². The van der Waals surface area contributed by atoms with Gasteiger partial charge in [-0.05, 0) is 47.5 Å². The molecule has 1 N–H and O–H groups in total. The van der Waals surface area contributed by atoms with Crippen LogP contribution in [0.4, 0.5) is 0 Å². The van der Waals surface area contributed by atoms with Gasteiger partial charge in [0.05, 0.1) is 0 Å². The number of ether oxygens (including phenoxy) is 1. The number of fused-ring (bicyclic) bond motifs is 1. The minimum Gasteiger partial charge on any atom is -0.504 e. The van der Waals surface area contributed by atoms with Gasteiger partial charge in [0.25, 0.3) is 0 Å². The first kappa shape index (κ1) is 17.0. The molecule has 1 aliphatic rings. The fourth-order valence-corrected chi connectivity index (χ4v) is 3.55. The third-order valence-electron chi connectivity index (χ3n) is 4.69. The zero-order valence-electron chi connectivity index (χ0n) is 14.4. The molecule has 0 saturated heterocycles. The summed E-state index contributed by atoms with van der Waals surface area (Å²) in [6.07, 6.45) is 4.15. The van der Waals surface area contributed by atoms with Gasteiger partial charge in [-0.3, -0.25) is 4.90 Å². The molecular formula is C21H21ClN2O2. The topological polar surface area (TPSA) is 37.6 Å². The zero-order valence-corrected chi connectivity index (χ0v) is 15.2. The standard InChI is InChI=1S/C21H21ClN2O2/c22-19-5-3-4-16(13-19)17-12-18-15-24(9-8-23-6-1-2-7-23)10-11-26-21(18)20(25)14-17/h1-7,12-14,25H,8-11,15H2. The van der Waals surface area contributed by atoms with E-state index >= 15 is 0 Å². The summed E-state index contributed by atoms with van der Waals surface area (Å²) in [5.74, 6) is 0.781. The van der Waals surface area contributed by atoms with Crippen LogP contribution in [0.25, 0.3) is 11.1 Å². The molecule has 2 aromatic carbocycles. The second-order valence-electron chi connectivity index (χ2n) is 6.54. The molecule has 0 spiro atoms. The van der Waals surface area contributed by atoms with Crippen LogP contribution in [-0.2, 0) is 13.1 Å². The molecule has 0 aliphatic carbocycles. The van der Waals surface area contributed by atoms with Crippen molar-refractivity contribution in [2.75, 3.05) is 19.7 Å². The maximum Gasteiger partial charge on any atom is 0.165 e. The molecule has 3 aromatic rings. The Labute approximate surface area is 158 Å². The molecule has 4 nitrogen and oxygen atoms in total. The zero-order chi connectivity index (χ0) is 17.9. The molecule has 0 bridgehead atoms. The SMILES string of the molecule is Oc1cc(-c2cccc(Cl)c2)cc2c1OCCN(CCn1cccc1)C2. The number of phenols is 1. The largest absolute Gasteiger partial charge is 0.504 e. The van der Waals surface area contributed by atoms with Crippen LogP contribution in [0.2, 0.25) is 5.02 Å². The fraction of sp³-hybridized carbons (Fsp3) is 0.238. The summed E-state index contributed by atoms with van der Waals surface area (Å²) in [6.45, 7) is 4.02. The smallest absolute Gasteiger partial charge is 0.165 e. The second-order valence-corrected chi connectivity index (χ2v) is 6.98. The number of aromatic hydroxyl groups is 1. The highest BCUT2D eigenvalue weighted by Crippen LogP contribution is 2.38. The molecule has 1 aromatic heterocycles. The van der Waals surface area contributed by atoms with Crippen LogP contribution in [0.15, 0.2) is 60.9 Å². The normalized spacial score (nSPS) is 14.5. The van der Waals surface area contributed by atoms with E-state index in [1.54, 1.807) is 6.07 Å². The van der Waals surface area contributed by atoms with Crippen molar-refractivity contribution in [2.45, 2.75) is 13.1 Å². The van der Waals surface area contributed by atoms with Crippen LogP contribution in [0.1, 0.15) is 5.56 Å². The van der Waals surface area contributed by atoms with Crippen molar-refractivity contribution >= 4 is 11.6 Å². The fourth-order valence-electron chi connectivity index (χ4n) is 3.35. The molecule has 0 unspecified atom stereocenters. The number of benzene rings is 2. The van der Waals surface area contributed by atoms with Crippen molar-refractivity contribution in [2.24, 2.45) is 0 Å². The molecule has 0 amide bonds. The first-order valence-corrected chi connectivity index (χ1v) is 9.14. The van der Waals surface area contributed by atoms with Crippen LogP contribution < -0.4 is 4.74 Å². The Morgan fingerprint density at radius 1 is 1.00 bits per heavy atom. The van der Waals surface area contributed by atoms with E-state index in [2.05, 4.69) is 27.9 Å². The monoisotopic (exact) mass is 368 g/mol. The lowest BCUT2D eigenvalue weighted by Crippen LogP contribution is -2.29. The third-order valence-corrected chi connectivity index (χ3v) is 4.93. The number of halogens is 1. The van der Waals surface area contributed by atoms with E-state index in [1.165, 1.54) is 0 Å². The Hall–Kier alpha value is -2.43. The Kier molecular flexibility index (Phi) is 4.87. The lowest BCUT2D eigenvalue weighted by Gasteiger charge is -2.20. The van der Waals surface area contributed by atoms with E-state index in [4.69, 9.17) is 16.3 Å². The van der Waals surface area contributed by atoms with Gasteiger partial charge >= 0.3 is 0 Å². The minimum absolute atomic E-state index is 0.185. The first-order valence-electron chi connectivity index (χ1n) is 8.77. The van der Waals surface area contributed by atoms with E-state index in [0.29, 0.717) is 17.4 Å². The summed E-state index contributed by atoms with van der Waals surface area (Å²) in [6, 6.07) is 15.6. The average molecular weight is 369 g/mol. The number of hydrogen-bond donors (Lipinski definition) is 1. The summed E-state index contributed by atoms with van der Waals surface area (Å²) in [5.41, 5.74) is 2.93. The highest BCUT2D eigenvalue weighted by atomic mass is 35.5. The molecule has 0 atom stereocenters. The Morgan fingerprint density at radius 2 is 1.85 bits per heavy atom. The average Bonchev–Trinajstić information content (AvgIpc) is 3.06. The van der Waals surface area contributed by atoms with Crippen LogP contribution in [-0.4, -0.2) is 34.3 Å². The van der Waals surface area contributed by atoms with Crippen LogP contribution in [0.3, 0.4) is 0 Å². The summed E-state index contributed by atoms with van der Waals surface area (Å²) in [7, 11) is 0. The summed E-state index contributed by atoms with van der Waals surface area (Å²) < 4.78 is 8.01. The van der Waals surface area contributed by atoms with Gasteiger partial charge in [-0.15, -0.1) is 0 Å². The lowest BCUT2D eigenvalue weighted by molar-refractivity contribution is 0.217. The molecule has 0 radical (unpaired) electrons. The Morgan fingerprint density at radius 3 is 2.65 bits per heavy atom. The molecular weight excluding hydrogens is 348 g/mol. The van der Waals surface area contributed by atoms with Gasteiger partial charge in [0.2, 0.25) is 0 Å². The number of phenolic OH excluding ortho intramolecular Hbond substituents is 1. The Bertz CT molecular complexity index is 893. The summed E-state index contributed by atoms with van der Waals surface area (Å²) in [5, 5.41) is 11.2. The quantitative estimate of drug-likeness (QED) is 0.741. The van der Waals surface area contributed by atoms with E-state index in [-0.39, 0.29) is 5.75 Å². The molecule has 0 saturated carbocycles.